The first-order valence-corrected chi connectivity index (χ1v) is 8.55. The van der Waals surface area contributed by atoms with Crippen LogP contribution in [0, 0.1) is 0 Å². The molecule has 0 spiro atoms. The lowest BCUT2D eigenvalue weighted by Gasteiger charge is -2.14. The van der Waals surface area contributed by atoms with E-state index in [-0.39, 0.29) is 10.7 Å². The summed E-state index contributed by atoms with van der Waals surface area (Å²) in [7, 11) is 1.47. The third kappa shape index (κ3) is 6.04. The first-order chi connectivity index (χ1) is 12.9. The summed E-state index contributed by atoms with van der Waals surface area (Å²) in [5.41, 5.74) is 1.32. The molecule has 0 aliphatic heterocycles. The highest BCUT2D eigenvalue weighted by atomic mass is 35.5. The van der Waals surface area contributed by atoms with Gasteiger partial charge >= 0.3 is 5.97 Å². The predicted molar refractivity (Wildman–Crippen MR) is 103 cm³/mol. The second-order valence-corrected chi connectivity index (χ2v) is 6.07. The Labute approximate surface area is 162 Å². The zero-order valence-corrected chi connectivity index (χ0v) is 15.7. The number of nitrogens with one attached hydrogen (secondary N) is 1. The number of carboxylic acid groups (broad SMARTS) is 1. The quantitative estimate of drug-likeness (QED) is 0.674. The lowest BCUT2D eigenvalue weighted by atomic mass is 10.1. The Kier molecular flexibility index (Phi) is 7.25. The topological polar surface area (TPSA) is 84.9 Å². The van der Waals surface area contributed by atoms with Gasteiger partial charge in [0.25, 0.3) is 0 Å². The van der Waals surface area contributed by atoms with Crippen molar-refractivity contribution >= 4 is 29.6 Å². The van der Waals surface area contributed by atoms with Gasteiger partial charge in [-0.05, 0) is 29.3 Å². The van der Waals surface area contributed by atoms with Crippen molar-refractivity contribution in [2.75, 3.05) is 13.7 Å². The Morgan fingerprint density at radius 1 is 1.22 bits per heavy atom. The molecule has 0 aliphatic carbocycles. The first-order valence-electron chi connectivity index (χ1n) is 8.17. The normalized spacial score (nSPS) is 11.0. The second-order valence-electron chi connectivity index (χ2n) is 5.66. The van der Waals surface area contributed by atoms with Gasteiger partial charge in [-0.25, -0.2) is 4.79 Å². The van der Waals surface area contributed by atoms with Crippen LogP contribution in [0.1, 0.15) is 18.1 Å². The Bertz CT molecular complexity index is 849. The van der Waals surface area contributed by atoms with Gasteiger partial charge in [-0.2, -0.15) is 0 Å². The molecule has 6 nitrogen and oxygen atoms in total. The Hall–Kier alpha value is -2.99. The molecule has 0 unspecified atom stereocenters. The van der Waals surface area contributed by atoms with Gasteiger partial charge in [-0.15, -0.1) is 0 Å². The molecule has 27 heavy (non-hydrogen) atoms. The molecule has 1 amide bonds. The smallest absolute Gasteiger partial charge is 0.352 e. The number of carbonyl (C=O) groups is 2. The van der Waals surface area contributed by atoms with E-state index in [1.807, 2.05) is 30.3 Å². The number of halogens is 1. The van der Waals surface area contributed by atoms with E-state index < -0.39 is 11.9 Å². The number of hydrogen-bond acceptors (Lipinski definition) is 4. The lowest BCUT2D eigenvalue weighted by molar-refractivity contribution is -0.134. The minimum absolute atomic E-state index is 0.265. The maximum atomic E-state index is 11.2. The monoisotopic (exact) mass is 389 g/mol. The fourth-order valence-corrected chi connectivity index (χ4v) is 2.66. The maximum Gasteiger partial charge on any atom is 0.352 e. The lowest BCUT2D eigenvalue weighted by Crippen LogP contribution is -2.24. The van der Waals surface area contributed by atoms with Crippen LogP contribution in [0.2, 0.25) is 5.02 Å². The number of carboxylic acids is 1. The molecule has 0 saturated heterocycles. The fourth-order valence-electron chi connectivity index (χ4n) is 2.39. The molecule has 2 aromatic rings. The van der Waals surface area contributed by atoms with Crippen LogP contribution in [-0.4, -0.2) is 30.7 Å². The summed E-state index contributed by atoms with van der Waals surface area (Å²) in [6.45, 7) is 1.63. The largest absolute Gasteiger partial charge is 0.493 e. The van der Waals surface area contributed by atoms with Gasteiger partial charge in [-0.1, -0.05) is 41.9 Å². The maximum absolute atomic E-state index is 11.2. The standard InChI is InChI=1S/C20H20ClNO5/c1-13(23)22-17(20(24)25)11-15-10-16(21)19(18(12-15)26-2)27-9-8-14-6-4-3-5-7-14/h3-7,10-12H,8-9H2,1-2H3,(H,22,23)(H,24,25). The molecular weight excluding hydrogens is 370 g/mol. The van der Waals surface area contributed by atoms with Crippen LogP contribution in [0.3, 0.4) is 0 Å². The van der Waals surface area contributed by atoms with Crippen LogP contribution in [0.15, 0.2) is 48.2 Å². The zero-order valence-electron chi connectivity index (χ0n) is 15.0. The van der Waals surface area contributed by atoms with Crippen molar-refractivity contribution in [2.45, 2.75) is 13.3 Å². The van der Waals surface area contributed by atoms with Gasteiger partial charge in [0.05, 0.1) is 18.7 Å². The van der Waals surface area contributed by atoms with Gasteiger partial charge in [0.2, 0.25) is 5.91 Å². The number of carbonyl (C=O) groups excluding carboxylic acids is 1. The summed E-state index contributed by atoms with van der Waals surface area (Å²) in [6.07, 6.45) is 2.00. The van der Waals surface area contributed by atoms with E-state index in [4.69, 9.17) is 21.1 Å². The van der Waals surface area contributed by atoms with Crippen molar-refractivity contribution in [1.82, 2.24) is 5.32 Å². The molecule has 2 aromatic carbocycles. The molecule has 7 heteroatoms. The van der Waals surface area contributed by atoms with Crippen molar-refractivity contribution in [2.24, 2.45) is 0 Å². The number of aliphatic carboxylic acids is 1. The van der Waals surface area contributed by atoms with E-state index in [1.165, 1.54) is 20.1 Å². The summed E-state index contributed by atoms with van der Waals surface area (Å²) in [6, 6.07) is 13.0. The number of ether oxygens (including phenoxy) is 2. The molecule has 0 fully saturated rings. The third-order valence-electron chi connectivity index (χ3n) is 3.58. The number of benzene rings is 2. The van der Waals surface area contributed by atoms with Gasteiger partial charge in [0.15, 0.2) is 11.5 Å². The van der Waals surface area contributed by atoms with Crippen LogP contribution in [0.5, 0.6) is 11.5 Å². The van der Waals surface area contributed by atoms with Crippen LogP contribution >= 0.6 is 11.6 Å². The third-order valence-corrected chi connectivity index (χ3v) is 3.86. The van der Waals surface area contributed by atoms with E-state index in [0.29, 0.717) is 30.1 Å². The Morgan fingerprint density at radius 3 is 2.52 bits per heavy atom. The molecule has 0 atom stereocenters. The summed E-state index contributed by atoms with van der Waals surface area (Å²) in [4.78, 5) is 22.4. The molecule has 0 aliphatic rings. The van der Waals surface area contributed by atoms with E-state index in [1.54, 1.807) is 12.1 Å². The fraction of sp³-hybridized carbons (Fsp3) is 0.200. The number of rotatable bonds is 8. The molecule has 142 valence electrons. The van der Waals surface area contributed by atoms with Gasteiger partial charge < -0.3 is 19.9 Å². The van der Waals surface area contributed by atoms with Gasteiger partial charge in [0, 0.05) is 13.3 Å². The van der Waals surface area contributed by atoms with E-state index in [2.05, 4.69) is 5.32 Å². The number of hydrogen-bond donors (Lipinski definition) is 2. The van der Waals surface area contributed by atoms with Crippen LogP contribution in [0.4, 0.5) is 0 Å². The highest BCUT2D eigenvalue weighted by molar-refractivity contribution is 6.32. The summed E-state index contributed by atoms with van der Waals surface area (Å²) >= 11 is 6.29. The first kappa shape index (κ1) is 20.3. The minimum atomic E-state index is -1.26. The Balaban J connectivity index is 2.20. The minimum Gasteiger partial charge on any atom is -0.493 e. The molecule has 0 heterocycles. The summed E-state index contributed by atoms with van der Waals surface area (Å²) in [5, 5.41) is 11.7. The molecule has 2 rings (SSSR count). The summed E-state index contributed by atoms with van der Waals surface area (Å²) < 4.78 is 11.1. The highest BCUT2D eigenvalue weighted by Crippen LogP contribution is 2.37. The Morgan fingerprint density at radius 2 is 1.93 bits per heavy atom. The van der Waals surface area contributed by atoms with Crippen molar-refractivity contribution in [3.8, 4) is 11.5 Å². The van der Waals surface area contributed by atoms with Crippen LogP contribution in [0.25, 0.3) is 6.08 Å². The molecule has 0 bridgehead atoms. The number of methoxy groups -OCH3 is 1. The summed E-state index contributed by atoms with van der Waals surface area (Å²) in [5.74, 6) is -0.996. The van der Waals surface area contributed by atoms with Crippen LogP contribution in [-0.2, 0) is 16.0 Å². The van der Waals surface area contributed by atoms with Crippen molar-refractivity contribution in [1.29, 1.82) is 0 Å². The number of amides is 1. The van der Waals surface area contributed by atoms with E-state index >= 15 is 0 Å². The average Bonchev–Trinajstić information content (AvgIpc) is 2.63. The zero-order chi connectivity index (χ0) is 19.8. The van der Waals surface area contributed by atoms with Gasteiger partial charge in [-0.3, -0.25) is 4.79 Å². The van der Waals surface area contributed by atoms with Crippen molar-refractivity contribution < 1.29 is 24.2 Å². The highest BCUT2D eigenvalue weighted by Gasteiger charge is 2.14. The predicted octanol–water partition coefficient (Wildman–Crippen LogP) is 3.53. The molecule has 2 N–H and O–H groups in total. The van der Waals surface area contributed by atoms with Crippen molar-refractivity contribution in [3.05, 3.63) is 64.3 Å². The molecule has 0 saturated carbocycles. The molecule has 0 aromatic heterocycles. The van der Waals surface area contributed by atoms with Gasteiger partial charge in [0.1, 0.15) is 5.70 Å². The molecular formula is C20H20ClNO5. The average molecular weight is 390 g/mol. The molecule has 0 radical (unpaired) electrons. The van der Waals surface area contributed by atoms with E-state index in [9.17, 15) is 14.7 Å². The SMILES string of the molecule is COc1cc(C=C(NC(C)=O)C(=O)O)cc(Cl)c1OCCc1ccccc1. The second kappa shape index (κ2) is 9.64. The van der Waals surface area contributed by atoms with E-state index in [0.717, 1.165) is 5.56 Å². The van der Waals surface area contributed by atoms with Crippen molar-refractivity contribution in [3.63, 3.8) is 0 Å². The van der Waals surface area contributed by atoms with Crippen LogP contribution < -0.4 is 14.8 Å².